The highest BCUT2D eigenvalue weighted by molar-refractivity contribution is 6.02. The molecule has 56 heavy (non-hydrogen) atoms. The van der Waals surface area contributed by atoms with Crippen molar-refractivity contribution >= 4 is 17.1 Å². The lowest BCUT2D eigenvalue weighted by Crippen LogP contribution is -2.11. The second-order valence-electron chi connectivity index (χ2n) is 14.1. The third kappa shape index (κ3) is 6.14. The van der Waals surface area contributed by atoms with Gasteiger partial charge in [-0.15, -0.1) is 0 Å². The average Bonchev–Trinajstić information content (AvgIpc) is 3.43. The van der Waals surface area contributed by atoms with Crippen LogP contribution in [-0.4, -0.2) is 0 Å². The fourth-order valence-electron chi connectivity index (χ4n) is 8.00. The van der Waals surface area contributed by atoms with Gasteiger partial charge >= 0.3 is 0 Å². The van der Waals surface area contributed by atoms with Gasteiger partial charge in [0.05, 0.1) is 5.69 Å². The number of fused-ring (bicyclic) bond motifs is 5. The minimum absolute atomic E-state index is 0.804. The Labute approximate surface area is 328 Å². The van der Waals surface area contributed by atoms with Crippen LogP contribution < -0.4 is 9.64 Å². The van der Waals surface area contributed by atoms with E-state index in [0.29, 0.717) is 0 Å². The number of ether oxygens (including phenoxy) is 1. The highest BCUT2D eigenvalue weighted by Crippen LogP contribution is 2.55. The molecule has 0 aromatic heterocycles. The van der Waals surface area contributed by atoms with E-state index in [1.807, 2.05) is 0 Å². The maximum Gasteiger partial charge on any atom is 0.159 e. The molecular weight excluding hydrogens is 679 g/mol. The molecule has 264 valence electrons. The Morgan fingerprint density at radius 3 is 1.43 bits per heavy atom. The van der Waals surface area contributed by atoms with Crippen LogP contribution in [0.1, 0.15) is 0 Å². The molecule has 0 unspecified atom stereocenters. The van der Waals surface area contributed by atoms with Crippen LogP contribution in [0, 0.1) is 0 Å². The monoisotopic (exact) mass is 715 g/mol. The minimum atomic E-state index is 0.804. The zero-order valence-electron chi connectivity index (χ0n) is 30.7. The predicted molar refractivity (Wildman–Crippen MR) is 234 cm³/mol. The molecule has 0 radical (unpaired) electrons. The molecule has 0 spiro atoms. The zero-order chi connectivity index (χ0) is 37.3. The van der Waals surface area contributed by atoms with Gasteiger partial charge in [-0.25, -0.2) is 0 Å². The quantitative estimate of drug-likeness (QED) is 0.163. The van der Waals surface area contributed by atoms with Crippen LogP contribution in [-0.2, 0) is 0 Å². The van der Waals surface area contributed by atoms with Gasteiger partial charge < -0.3 is 9.64 Å². The van der Waals surface area contributed by atoms with Gasteiger partial charge in [-0.05, 0) is 92.5 Å². The van der Waals surface area contributed by atoms with Crippen molar-refractivity contribution in [3.05, 3.63) is 224 Å². The Hall–Kier alpha value is -7.42. The second-order valence-corrected chi connectivity index (χ2v) is 14.1. The molecule has 1 aliphatic heterocycles. The molecule has 0 saturated heterocycles. The van der Waals surface area contributed by atoms with Gasteiger partial charge in [0.1, 0.15) is 5.75 Å². The van der Waals surface area contributed by atoms with Gasteiger partial charge in [-0.1, -0.05) is 182 Å². The summed E-state index contributed by atoms with van der Waals surface area (Å²) in [4.78, 5) is 2.34. The number of rotatable bonds is 7. The highest BCUT2D eigenvalue weighted by Gasteiger charge is 2.29. The summed E-state index contributed by atoms with van der Waals surface area (Å²) >= 11 is 0. The van der Waals surface area contributed by atoms with E-state index >= 15 is 0 Å². The van der Waals surface area contributed by atoms with E-state index < -0.39 is 0 Å². The summed E-state index contributed by atoms with van der Waals surface area (Å²) in [5.74, 6) is 1.62. The molecule has 0 fully saturated rings. The van der Waals surface area contributed by atoms with Crippen molar-refractivity contribution in [3.63, 3.8) is 0 Å². The Morgan fingerprint density at radius 1 is 0.286 bits per heavy atom. The lowest BCUT2D eigenvalue weighted by atomic mass is 9.87. The lowest BCUT2D eigenvalue weighted by Gasteiger charge is -2.29. The summed E-state index contributed by atoms with van der Waals surface area (Å²) < 4.78 is 7.36. The van der Waals surface area contributed by atoms with E-state index in [0.717, 1.165) is 78.6 Å². The lowest BCUT2D eigenvalue weighted by molar-refractivity contribution is 0.489. The first kappa shape index (κ1) is 33.2. The molecule has 0 atom stereocenters. The van der Waals surface area contributed by atoms with Gasteiger partial charge in [0.15, 0.2) is 5.75 Å². The van der Waals surface area contributed by atoms with E-state index in [4.69, 9.17) is 4.74 Å². The third-order valence-electron chi connectivity index (χ3n) is 10.7. The Morgan fingerprint density at radius 2 is 0.768 bits per heavy atom. The van der Waals surface area contributed by atoms with E-state index in [9.17, 15) is 0 Å². The summed E-state index contributed by atoms with van der Waals surface area (Å²) in [6, 6.07) is 79.9. The number of anilines is 3. The highest BCUT2D eigenvalue weighted by atomic mass is 16.5. The Kier molecular flexibility index (Phi) is 8.55. The molecule has 1 heterocycles. The maximum atomic E-state index is 7.36. The molecule has 9 aromatic carbocycles. The van der Waals surface area contributed by atoms with Crippen molar-refractivity contribution in [2.75, 3.05) is 4.90 Å². The molecule has 9 aromatic rings. The van der Waals surface area contributed by atoms with Crippen molar-refractivity contribution in [2.45, 2.75) is 0 Å². The van der Waals surface area contributed by atoms with Crippen LogP contribution in [0.25, 0.3) is 66.8 Å². The van der Waals surface area contributed by atoms with Crippen LogP contribution >= 0.6 is 0 Å². The smallest absolute Gasteiger partial charge is 0.159 e. The molecule has 10 rings (SSSR count). The molecular formula is C54H37NO. The summed E-state index contributed by atoms with van der Waals surface area (Å²) in [6.07, 6.45) is 0. The molecule has 0 aliphatic carbocycles. The van der Waals surface area contributed by atoms with Crippen LogP contribution in [0.15, 0.2) is 224 Å². The molecule has 2 heteroatoms. The minimum Gasteiger partial charge on any atom is -0.454 e. The van der Waals surface area contributed by atoms with Gasteiger partial charge in [-0.2, -0.15) is 0 Å². The topological polar surface area (TPSA) is 12.5 Å². The standard InChI is InChI=1S/C54H37NO/c1-5-16-38(17-6-1)41-30-33-45(34-31-41)55(46-25-13-24-43(36-46)39-18-7-2-8-19-39)51-29-15-28-50-53-47(42-22-11-4-12-23-42)26-14-27-49(53)48-35-32-44(37-52(48)56-54(50)51)40-20-9-3-10-21-40/h1-37H. The van der Waals surface area contributed by atoms with Gasteiger partial charge in [0, 0.05) is 28.1 Å². The van der Waals surface area contributed by atoms with Crippen molar-refractivity contribution < 1.29 is 4.74 Å². The van der Waals surface area contributed by atoms with Crippen molar-refractivity contribution in [2.24, 2.45) is 0 Å². The maximum absolute atomic E-state index is 7.36. The Bertz CT molecular complexity index is 2800. The van der Waals surface area contributed by atoms with Crippen LogP contribution in [0.4, 0.5) is 17.1 Å². The predicted octanol–water partition coefficient (Wildman–Crippen LogP) is 15.3. The first-order chi connectivity index (χ1) is 27.8. The third-order valence-corrected chi connectivity index (χ3v) is 10.7. The van der Waals surface area contributed by atoms with Crippen LogP contribution in [0.3, 0.4) is 0 Å². The molecule has 1 aliphatic rings. The number of nitrogens with zero attached hydrogens (tertiary/aromatic N) is 1. The second kappa shape index (κ2) is 14.4. The first-order valence-corrected chi connectivity index (χ1v) is 19.1. The number of benzene rings is 9. The molecule has 0 saturated carbocycles. The van der Waals surface area contributed by atoms with E-state index in [1.54, 1.807) is 0 Å². The van der Waals surface area contributed by atoms with Crippen LogP contribution in [0.2, 0.25) is 0 Å². The Balaban J connectivity index is 1.23. The summed E-state index contributed by atoms with van der Waals surface area (Å²) in [7, 11) is 0. The molecule has 0 amide bonds. The molecule has 0 bridgehead atoms. The largest absolute Gasteiger partial charge is 0.454 e. The van der Waals surface area contributed by atoms with Crippen molar-refractivity contribution in [1.29, 1.82) is 0 Å². The number of para-hydroxylation sites is 1. The molecule has 0 N–H and O–H groups in total. The number of hydrogen-bond donors (Lipinski definition) is 0. The summed E-state index contributed by atoms with van der Waals surface area (Å²) in [5.41, 5.74) is 16.7. The SMILES string of the molecule is c1ccc(-c2ccc(N(c3cccc(-c4ccccc4)c3)c3cccc4c3Oc3cc(-c5ccccc5)ccc3-c3cccc(-c5ccccc5)c3-4)cc2)cc1. The van der Waals surface area contributed by atoms with E-state index in [-0.39, 0.29) is 0 Å². The van der Waals surface area contributed by atoms with Crippen molar-refractivity contribution in [3.8, 4) is 78.3 Å². The van der Waals surface area contributed by atoms with Crippen molar-refractivity contribution in [1.82, 2.24) is 0 Å². The summed E-state index contributed by atoms with van der Waals surface area (Å²) in [6.45, 7) is 0. The number of hydrogen-bond acceptors (Lipinski definition) is 2. The first-order valence-electron chi connectivity index (χ1n) is 19.1. The van der Waals surface area contributed by atoms with Gasteiger partial charge in [-0.3, -0.25) is 0 Å². The summed E-state index contributed by atoms with van der Waals surface area (Å²) in [5, 5.41) is 0. The fraction of sp³-hybridized carbons (Fsp3) is 0. The van der Waals surface area contributed by atoms with Gasteiger partial charge in [0.25, 0.3) is 0 Å². The zero-order valence-corrected chi connectivity index (χ0v) is 30.7. The van der Waals surface area contributed by atoms with Crippen LogP contribution in [0.5, 0.6) is 11.5 Å². The van der Waals surface area contributed by atoms with E-state index in [2.05, 4.69) is 229 Å². The average molecular weight is 716 g/mol. The fourth-order valence-corrected chi connectivity index (χ4v) is 8.00. The normalized spacial score (nSPS) is 11.4. The van der Waals surface area contributed by atoms with Gasteiger partial charge in [0.2, 0.25) is 0 Å². The molecule has 2 nitrogen and oxygen atoms in total. The van der Waals surface area contributed by atoms with E-state index in [1.165, 1.54) is 16.7 Å².